The van der Waals surface area contributed by atoms with Crippen LogP contribution in [0.2, 0.25) is 5.02 Å². The third kappa shape index (κ3) is 3.53. The van der Waals surface area contributed by atoms with Gasteiger partial charge >= 0.3 is 0 Å². The van der Waals surface area contributed by atoms with E-state index in [-0.39, 0.29) is 6.04 Å². The summed E-state index contributed by atoms with van der Waals surface area (Å²) in [6.45, 7) is 2.92. The van der Waals surface area contributed by atoms with Crippen LogP contribution in [0, 0.1) is 0 Å². The first-order valence-corrected chi connectivity index (χ1v) is 7.29. The zero-order valence-corrected chi connectivity index (χ0v) is 12.8. The van der Waals surface area contributed by atoms with Gasteiger partial charge in [0.25, 0.3) is 0 Å². The number of halogens is 1. The van der Waals surface area contributed by atoms with Gasteiger partial charge < -0.3 is 10.6 Å². The van der Waals surface area contributed by atoms with E-state index < -0.39 is 0 Å². The van der Waals surface area contributed by atoms with Gasteiger partial charge in [0.1, 0.15) is 0 Å². The van der Waals surface area contributed by atoms with E-state index in [0.29, 0.717) is 0 Å². The quantitative estimate of drug-likeness (QED) is 0.884. The molecule has 0 unspecified atom stereocenters. The molecule has 20 heavy (non-hydrogen) atoms. The Morgan fingerprint density at radius 2 is 1.90 bits per heavy atom. The Morgan fingerprint density at radius 3 is 2.60 bits per heavy atom. The van der Waals surface area contributed by atoms with Crippen LogP contribution in [-0.2, 0) is 6.54 Å². The summed E-state index contributed by atoms with van der Waals surface area (Å²) >= 11 is 6.04. The lowest BCUT2D eigenvalue weighted by molar-refractivity contribution is 0.694. The number of hydrogen-bond acceptors (Lipinski definition) is 2. The number of nitrogens with zero attached hydrogens (tertiary/aromatic N) is 1. The minimum absolute atomic E-state index is 0.0769. The predicted octanol–water partition coefficient (Wildman–Crippen LogP) is 4.39. The highest BCUT2D eigenvalue weighted by Crippen LogP contribution is 2.27. The van der Waals surface area contributed by atoms with Crippen LogP contribution in [0.15, 0.2) is 48.5 Å². The fraction of sp³-hybridized carbons (Fsp3) is 0.294. The van der Waals surface area contributed by atoms with E-state index in [2.05, 4.69) is 43.1 Å². The van der Waals surface area contributed by atoms with Crippen molar-refractivity contribution >= 4 is 17.3 Å². The minimum atomic E-state index is 0.0769. The summed E-state index contributed by atoms with van der Waals surface area (Å²) in [5.41, 5.74) is 9.77. The Morgan fingerprint density at radius 1 is 1.15 bits per heavy atom. The molecule has 2 N–H and O–H groups in total. The van der Waals surface area contributed by atoms with Gasteiger partial charge in [-0.2, -0.15) is 0 Å². The van der Waals surface area contributed by atoms with Gasteiger partial charge in [0.15, 0.2) is 0 Å². The van der Waals surface area contributed by atoms with Crippen LogP contribution >= 0.6 is 11.6 Å². The van der Waals surface area contributed by atoms with E-state index in [4.69, 9.17) is 17.3 Å². The SMILES string of the molecule is CC[C@@H](N)c1ccccc1N(C)Cc1cccc(Cl)c1. The van der Waals surface area contributed by atoms with Gasteiger partial charge in [-0.1, -0.05) is 48.9 Å². The highest BCUT2D eigenvalue weighted by Gasteiger charge is 2.12. The molecule has 0 aliphatic rings. The van der Waals surface area contributed by atoms with Gasteiger partial charge in [0, 0.05) is 30.3 Å². The molecule has 0 saturated heterocycles. The molecule has 0 spiro atoms. The molecule has 2 aromatic rings. The number of anilines is 1. The van der Waals surface area contributed by atoms with Crippen molar-refractivity contribution in [3.8, 4) is 0 Å². The van der Waals surface area contributed by atoms with E-state index >= 15 is 0 Å². The number of rotatable bonds is 5. The van der Waals surface area contributed by atoms with Crippen LogP contribution in [0.3, 0.4) is 0 Å². The molecule has 0 amide bonds. The van der Waals surface area contributed by atoms with Gasteiger partial charge in [0.2, 0.25) is 0 Å². The largest absolute Gasteiger partial charge is 0.370 e. The summed E-state index contributed by atoms with van der Waals surface area (Å²) in [6, 6.07) is 16.4. The molecule has 0 saturated carbocycles. The molecule has 0 aliphatic carbocycles. The standard InChI is InChI=1S/C17H21ClN2/c1-3-16(19)15-9-4-5-10-17(15)20(2)12-13-7-6-8-14(18)11-13/h4-11,16H,3,12,19H2,1-2H3/t16-/m1/s1. The smallest absolute Gasteiger partial charge is 0.0426 e. The summed E-state index contributed by atoms with van der Waals surface area (Å²) in [4.78, 5) is 2.22. The molecule has 0 bridgehead atoms. The third-order valence-corrected chi connectivity index (χ3v) is 3.73. The maximum Gasteiger partial charge on any atom is 0.0426 e. The lowest BCUT2D eigenvalue weighted by Crippen LogP contribution is -2.20. The van der Waals surface area contributed by atoms with Crippen molar-refractivity contribution in [1.82, 2.24) is 0 Å². The van der Waals surface area contributed by atoms with Gasteiger partial charge in [0.05, 0.1) is 0 Å². The van der Waals surface area contributed by atoms with Crippen molar-refractivity contribution in [3.05, 3.63) is 64.7 Å². The molecular weight excluding hydrogens is 268 g/mol. The second-order valence-electron chi connectivity index (χ2n) is 5.06. The highest BCUT2D eigenvalue weighted by molar-refractivity contribution is 6.30. The van der Waals surface area contributed by atoms with E-state index in [1.165, 1.54) is 16.8 Å². The van der Waals surface area contributed by atoms with Crippen LogP contribution in [0.5, 0.6) is 0 Å². The maximum atomic E-state index is 6.20. The number of para-hydroxylation sites is 1. The maximum absolute atomic E-state index is 6.20. The summed E-state index contributed by atoms with van der Waals surface area (Å²) in [5.74, 6) is 0. The zero-order valence-electron chi connectivity index (χ0n) is 12.0. The molecular formula is C17H21ClN2. The van der Waals surface area contributed by atoms with Crippen molar-refractivity contribution in [2.24, 2.45) is 5.73 Å². The zero-order chi connectivity index (χ0) is 14.5. The normalized spacial score (nSPS) is 12.2. The third-order valence-electron chi connectivity index (χ3n) is 3.50. The summed E-state index contributed by atoms with van der Waals surface area (Å²) in [5, 5.41) is 0.773. The molecule has 106 valence electrons. The highest BCUT2D eigenvalue weighted by atomic mass is 35.5. The second kappa shape index (κ2) is 6.78. The van der Waals surface area contributed by atoms with Crippen molar-refractivity contribution in [1.29, 1.82) is 0 Å². The van der Waals surface area contributed by atoms with Crippen molar-refractivity contribution in [2.75, 3.05) is 11.9 Å². The minimum Gasteiger partial charge on any atom is -0.370 e. The summed E-state index contributed by atoms with van der Waals surface area (Å²) < 4.78 is 0. The Balaban J connectivity index is 2.23. The molecule has 0 aliphatic heterocycles. The first kappa shape index (κ1) is 14.9. The van der Waals surface area contributed by atoms with Crippen molar-refractivity contribution in [2.45, 2.75) is 25.9 Å². The topological polar surface area (TPSA) is 29.3 Å². The molecule has 0 radical (unpaired) electrons. The molecule has 2 rings (SSSR count). The van der Waals surface area contributed by atoms with Crippen molar-refractivity contribution in [3.63, 3.8) is 0 Å². The summed E-state index contributed by atoms with van der Waals surface area (Å²) in [7, 11) is 2.09. The molecule has 0 heterocycles. The predicted molar refractivity (Wildman–Crippen MR) is 87.2 cm³/mol. The van der Waals surface area contributed by atoms with Crippen LogP contribution in [-0.4, -0.2) is 7.05 Å². The van der Waals surface area contributed by atoms with Crippen LogP contribution < -0.4 is 10.6 Å². The molecule has 0 fully saturated rings. The Kier molecular flexibility index (Phi) is 5.05. The van der Waals surface area contributed by atoms with Gasteiger partial charge in [-0.3, -0.25) is 0 Å². The first-order chi connectivity index (χ1) is 9.61. The fourth-order valence-corrected chi connectivity index (χ4v) is 2.58. The van der Waals surface area contributed by atoms with E-state index in [1.54, 1.807) is 0 Å². The lowest BCUT2D eigenvalue weighted by Gasteiger charge is -2.25. The molecule has 2 aromatic carbocycles. The molecule has 3 heteroatoms. The number of nitrogens with two attached hydrogens (primary N) is 1. The van der Waals surface area contributed by atoms with Crippen LogP contribution in [0.25, 0.3) is 0 Å². The average Bonchev–Trinajstić information content (AvgIpc) is 2.46. The Hall–Kier alpha value is -1.51. The molecule has 0 aromatic heterocycles. The van der Waals surface area contributed by atoms with E-state index in [0.717, 1.165) is 18.0 Å². The molecule has 2 nitrogen and oxygen atoms in total. The van der Waals surface area contributed by atoms with E-state index in [1.807, 2.05) is 24.3 Å². The fourth-order valence-electron chi connectivity index (χ4n) is 2.36. The number of benzene rings is 2. The molecule has 1 atom stereocenters. The van der Waals surface area contributed by atoms with Gasteiger partial charge in [-0.05, 0) is 35.7 Å². The van der Waals surface area contributed by atoms with E-state index in [9.17, 15) is 0 Å². The second-order valence-corrected chi connectivity index (χ2v) is 5.50. The number of hydrogen-bond donors (Lipinski definition) is 1. The Labute approximate surface area is 126 Å². The summed E-state index contributed by atoms with van der Waals surface area (Å²) in [6.07, 6.45) is 0.933. The first-order valence-electron chi connectivity index (χ1n) is 6.92. The van der Waals surface area contributed by atoms with Gasteiger partial charge in [-0.15, -0.1) is 0 Å². The lowest BCUT2D eigenvalue weighted by atomic mass is 10.0. The Bertz CT molecular complexity index is 568. The van der Waals surface area contributed by atoms with Crippen molar-refractivity contribution < 1.29 is 0 Å². The van der Waals surface area contributed by atoms with Crippen LogP contribution in [0.1, 0.15) is 30.5 Å². The monoisotopic (exact) mass is 288 g/mol. The van der Waals surface area contributed by atoms with Crippen LogP contribution in [0.4, 0.5) is 5.69 Å². The van der Waals surface area contributed by atoms with Gasteiger partial charge in [-0.25, -0.2) is 0 Å². The average molecular weight is 289 g/mol.